The van der Waals surface area contributed by atoms with Crippen LogP contribution in [-0.2, 0) is 16.9 Å². The van der Waals surface area contributed by atoms with Gasteiger partial charge in [-0.2, -0.15) is 0 Å². The van der Waals surface area contributed by atoms with Crippen LogP contribution in [0.15, 0.2) is 53.0 Å². The fourth-order valence-electron chi connectivity index (χ4n) is 2.21. The lowest BCUT2D eigenvalue weighted by atomic mass is 9.92. The summed E-state index contributed by atoms with van der Waals surface area (Å²) in [6.07, 6.45) is -0.497. The highest BCUT2D eigenvalue weighted by molar-refractivity contribution is 9.10. The Morgan fingerprint density at radius 1 is 1.21 bits per heavy atom. The molecular formula is C18H22BrClN2O2. The predicted octanol–water partition coefficient (Wildman–Crippen LogP) is 3.41. The van der Waals surface area contributed by atoms with E-state index in [2.05, 4.69) is 21.2 Å². The maximum absolute atomic E-state index is 12.4. The van der Waals surface area contributed by atoms with Crippen molar-refractivity contribution in [2.45, 2.75) is 32.0 Å². The number of hydrogen-bond donors (Lipinski definition) is 3. The smallest absolute Gasteiger partial charge is 0.244 e. The molecule has 0 aliphatic rings. The first-order valence-corrected chi connectivity index (χ1v) is 8.20. The van der Waals surface area contributed by atoms with E-state index < -0.39 is 11.6 Å². The first-order chi connectivity index (χ1) is 10.8. The number of nitrogens with one attached hydrogen (secondary N) is 1. The standard InChI is InChI=1S/C18H21BrN2O2.ClH/c1-12(22)14-5-3-13(4-6-14)11-21-17(23)18(2,20)15-7-9-16(19)10-8-15;/h3-10,12,22H,11,20H2,1-2H3,(H,21,23);1H. The molecule has 0 aliphatic carbocycles. The summed E-state index contributed by atoms with van der Waals surface area (Å²) >= 11 is 3.37. The lowest BCUT2D eigenvalue weighted by molar-refractivity contribution is -0.126. The van der Waals surface area contributed by atoms with Gasteiger partial charge in [0.05, 0.1) is 6.10 Å². The number of carbonyl (C=O) groups is 1. The molecule has 0 heterocycles. The SMILES string of the molecule is CC(O)c1ccc(CNC(=O)C(C)(N)c2ccc(Br)cc2)cc1.Cl. The first-order valence-electron chi connectivity index (χ1n) is 7.41. The van der Waals surface area contributed by atoms with Crippen LogP contribution in [0.3, 0.4) is 0 Å². The average molecular weight is 414 g/mol. The molecule has 2 aromatic carbocycles. The molecule has 4 N–H and O–H groups in total. The quantitative estimate of drug-likeness (QED) is 0.703. The maximum atomic E-state index is 12.4. The van der Waals surface area contributed by atoms with Crippen molar-refractivity contribution in [3.63, 3.8) is 0 Å². The van der Waals surface area contributed by atoms with E-state index >= 15 is 0 Å². The molecule has 0 bridgehead atoms. The van der Waals surface area contributed by atoms with Crippen LogP contribution in [-0.4, -0.2) is 11.0 Å². The summed E-state index contributed by atoms with van der Waals surface area (Å²) in [5.74, 6) is -0.237. The van der Waals surface area contributed by atoms with Crippen molar-refractivity contribution in [3.05, 3.63) is 69.7 Å². The highest BCUT2D eigenvalue weighted by Crippen LogP contribution is 2.21. The Labute approximate surface area is 157 Å². The van der Waals surface area contributed by atoms with Crippen LogP contribution < -0.4 is 11.1 Å². The number of amides is 1. The van der Waals surface area contributed by atoms with Gasteiger partial charge in [0.25, 0.3) is 0 Å². The molecule has 24 heavy (non-hydrogen) atoms. The van der Waals surface area contributed by atoms with Gasteiger partial charge in [-0.15, -0.1) is 12.4 Å². The molecule has 2 aromatic rings. The lowest BCUT2D eigenvalue weighted by Crippen LogP contribution is -2.48. The number of nitrogens with two attached hydrogens (primary N) is 1. The summed E-state index contributed by atoms with van der Waals surface area (Å²) in [5, 5.41) is 12.4. The van der Waals surface area contributed by atoms with Gasteiger partial charge < -0.3 is 16.2 Å². The number of aliphatic hydroxyl groups excluding tert-OH is 1. The summed E-state index contributed by atoms with van der Waals surface area (Å²) in [6.45, 7) is 3.80. The molecule has 130 valence electrons. The Kier molecular flexibility index (Phi) is 7.42. The Balaban J connectivity index is 0.00000288. The molecule has 1 amide bonds. The summed E-state index contributed by atoms with van der Waals surface area (Å²) < 4.78 is 0.940. The van der Waals surface area contributed by atoms with E-state index in [0.29, 0.717) is 6.54 Å². The molecule has 0 saturated carbocycles. The molecule has 0 saturated heterocycles. The van der Waals surface area contributed by atoms with Crippen molar-refractivity contribution >= 4 is 34.2 Å². The van der Waals surface area contributed by atoms with Crippen LogP contribution in [0, 0.1) is 0 Å². The second kappa shape index (κ2) is 8.62. The molecule has 0 fully saturated rings. The minimum absolute atomic E-state index is 0. The van der Waals surface area contributed by atoms with Crippen LogP contribution >= 0.6 is 28.3 Å². The van der Waals surface area contributed by atoms with E-state index in [1.807, 2.05) is 48.5 Å². The van der Waals surface area contributed by atoms with Crippen LogP contribution in [0.1, 0.15) is 36.6 Å². The Hall–Kier alpha value is -1.40. The molecule has 0 aromatic heterocycles. The predicted molar refractivity (Wildman–Crippen MR) is 102 cm³/mol. The monoisotopic (exact) mass is 412 g/mol. The first kappa shape index (κ1) is 20.6. The van der Waals surface area contributed by atoms with Crippen LogP contribution in [0.25, 0.3) is 0 Å². The maximum Gasteiger partial charge on any atom is 0.244 e. The number of rotatable bonds is 5. The zero-order valence-corrected chi connectivity index (χ0v) is 16.0. The minimum atomic E-state index is -1.10. The van der Waals surface area contributed by atoms with E-state index in [1.54, 1.807) is 13.8 Å². The van der Waals surface area contributed by atoms with Gasteiger partial charge in [0.1, 0.15) is 5.54 Å². The summed E-state index contributed by atoms with van der Waals surface area (Å²) in [4.78, 5) is 12.4. The van der Waals surface area contributed by atoms with E-state index in [1.165, 1.54) is 0 Å². The number of halogens is 2. The average Bonchev–Trinajstić information content (AvgIpc) is 2.53. The highest BCUT2D eigenvalue weighted by Gasteiger charge is 2.30. The van der Waals surface area contributed by atoms with Crippen LogP contribution in [0.5, 0.6) is 0 Å². The van der Waals surface area contributed by atoms with E-state index in [-0.39, 0.29) is 18.3 Å². The van der Waals surface area contributed by atoms with Gasteiger partial charge in [-0.3, -0.25) is 4.79 Å². The fraction of sp³-hybridized carbons (Fsp3) is 0.278. The summed E-state index contributed by atoms with van der Waals surface area (Å²) in [5.41, 5.74) is 7.65. The third-order valence-corrected chi connectivity index (χ3v) is 4.36. The van der Waals surface area contributed by atoms with Crippen molar-refractivity contribution in [3.8, 4) is 0 Å². The largest absolute Gasteiger partial charge is 0.389 e. The Morgan fingerprint density at radius 3 is 2.25 bits per heavy atom. The number of carbonyl (C=O) groups excluding carboxylic acids is 1. The zero-order chi connectivity index (χ0) is 17.0. The van der Waals surface area contributed by atoms with Crippen molar-refractivity contribution in [1.29, 1.82) is 0 Å². The van der Waals surface area contributed by atoms with Crippen molar-refractivity contribution in [2.24, 2.45) is 5.73 Å². The van der Waals surface area contributed by atoms with Crippen molar-refractivity contribution < 1.29 is 9.90 Å². The minimum Gasteiger partial charge on any atom is -0.389 e. The topological polar surface area (TPSA) is 75.3 Å². The number of benzene rings is 2. The molecule has 0 aliphatic heterocycles. The van der Waals surface area contributed by atoms with Gasteiger partial charge in [0, 0.05) is 11.0 Å². The fourth-order valence-corrected chi connectivity index (χ4v) is 2.47. The lowest BCUT2D eigenvalue weighted by Gasteiger charge is -2.24. The third kappa shape index (κ3) is 5.05. The Bertz CT molecular complexity index is 670. The molecule has 4 nitrogen and oxygen atoms in total. The molecule has 0 radical (unpaired) electrons. The van der Waals surface area contributed by atoms with Crippen molar-refractivity contribution in [2.75, 3.05) is 0 Å². The van der Waals surface area contributed by atoms with Gasteiger partial charge in [-0.25, -0.2) is 0 Å². The van der Waals surface area contributed by atoms with Gasteiger partial charge in [0.15, 0.2) is 0 Å². The number of hydrogen-bond acceptors (Lipinski definition) is 3. The molecule has 2 rings (SSSR count). The van der Waals surface area contributed by atoms with Gasteiger partial charge in [-0.05, 0) is 42.7 Å². The van der Waals surface area contributed by atoms with E-state index in [0.717, 1.165) is 21.2 Å². The van der Waals surface area contributed by atoms with E-state index in [9.17, 15) is 9.90 Å². The van der Waals surface area contributed by atoms with Gasteiger partial charge in [0.2, 0.25) is 5.91 Å². The number of aliphatic hydroxyl groups is 1. The van der Waals surface area contributed by atoms with Gasteiger partial charge >= 0.3 is 0 Å². The second-order valence-electron chi connectivity index (χ2n) is 5.81. The normalized spacial score (nSPS) is 14.2. The summed E-state index contributed by atoms with van der Waals surface area (Å²) in [6, 6.07) is 14.9. The van der Waals surface area contributed by atoms with E-state index in [4.69, 9.17) is 5.73 Å². The second-order valence-corrected chi connectivity index (χ2v) is 6.73. The van der Waals surface area contributed by atoms with Crippen molar-refractivity contribution in [1.82, 2.24) is 5.32 Å². The molecule has 2 unspecified atom stereocenters. The van der Waals surface area contributed by atoms with Gasteiger partial charge in [-0.1, -0.05) is 52.3 Å². The van der Waals surface area contributed by atoms with Crippen LogP contribution in [0.4, 0.5) is 0 Å². The third-order valence-electron chi connectivity index (χ3n) is 3.83. The molecule has 0 spiro atoms. The Morgan fingerprint density at radius 2 is 1.75 bits per heavy atom. The van der Waals surface area contributed by atoms with Crippen LogP contribution in [0.2, 0.25) is 0 Å². The molecular weight excluding hydrogens is 392 g/mol. The molecule has 6 heteroatoms. The summed E-state index contributed by atoms with van der Waals surface area (Å²) in [7, 11) is 0. The zero-order valence-electron chi connectivity index (χ0n) is 13.6. The highest BCUT2D eigenvalue weighted by atomic mass is 79.9. The molecule has 2 atom stereocenters.